The zero-order valence-corrected chi connectivity index (χ0v) is 11.4. The standard InChI is InChI=1S/C10H6F5NO6S/c11-4-5(12)7(14)9(8(15)6(4)13)23(21,22)16-2(10(19)20)1-3(17)18/h2,16H,1H2,(H,17,18)(H,19,20). The maximum atomic E-state index is 13.4. The lowest BCUT2D eigenvalue weighted by molar-refractivity contribution is -0.145. The number of carboxylic acids is 2. The lowest BCUT2D eigenvalue weighted by Gasteiger charge is -2.14. The second-order valence-electron chi connectivity index (χ2n) is 4.01. The largest absolute Gasteiger partial charge is 0.481 e. The highest BCUT2D eigenvalue weighted by Crippen LogP contribution is 2.26. The van der Waals surface area contributed by atoms with Gasteiger partial charge in [-0.15, -0.1) is 0 Å². The number of aliphatic carboxylic acids is 2. The average Bonchev–Trinajstić information content (AvgIpc) is 2.41. The van der Waals surface area contributed by atoms with E-state index in [1.807, 2.05) is 0 Å². The van der Waals surface area contributed by atoms with Crippen LogP contribution in [0.5, 0.6) is 0 Å². The van der Waals surface area contributed by atoms with Crippen LogP contribution in [0.4, 0.5) is 22.0 Å². The fourth-order valence-corrected chi connectivity index (χ4v) is 2.75. The molecule has 0 aliphatic carbocycles. The van der Waals surface area contributed by atoms with Gasteiger partial charge in [0, 0.05) is 0 Å². The SMILES string of the molecule is O=C(O)CC(NS(=O)(=O)c1c(F)c(F)c(F)c(F)c1F)C(=O)O. The molecule has 1 aromatic rings. The molecule has 0 heterocycles. The number of nitrogens with one attached hydrogen (secondary N) is 1. The van der Waals surface area contributed by atoms with E-state index in [0.717, 1.165) is 4.72 Å². The van der Waals surface area contributed by atoms with Gasteiger partial charge in [-0.3, -0.25) is 9.59 Å². The van der Waals surface area contributed by atoms with Gasteiger partial charge in [-0.05, 0) is 0 Å². The number of carbonyl (C=O) groups is 2. The van der Waals surface area contributed by atoms with Crippen molar-refractivity contribution in [2.45, 2.75) is 17.4 Å². The Morgan fingerprint density at radius 1 is 0.913 bits per heavy atom. The Morgan fingerprint density at radius 2 is 1.30 bits per heavy atom. The molecule has 0 aliphatic heterocycles. The number of sulfonamides is 1. The number of benzene rings is 1. The Bertz CT molecular complexity index is 751. The van der Waals surface area contributed by atoms with Crippen LogP contribution in [0.15, 0.2) is 4.90 Å². The number of halogens is 5. The quantitative estimate of drug-likeness (QED) is 0.386. The Balaban J connectivity index is 3.45. The maximum Gasteiger partial charge on any atom is 0.322 e. The van der Waals surface area contributed by atoms with Crippen molar-refractivity contribution in [1.29, 1.82) is 0 Å². The molecule has 1 atom stereocenters. The Hall–Kier alpha value is -2.28. The van der Waals surface area contributed by atoms with E-state index in [2.05, 4.69) is 0 Å². The summed E-state index contributed by atoms with van der Waals surface area (Å²) in [4.78, 5) is 18.8. The average molecular weight is 363 g/mol. The van der Waals surface area contributed by atoms with Crippen LogP contribution >= 0.6 is 0 Å². The van der Waals surface area contributed by atoms with Crippen molar-refractivity contribution in [3.63, 3.8) is 0 Å². The third-order valence-electron chi connectivity index (χ3n) is 2.41. The van der Waals surface area contributed by atoms with Crippen LogP contribution in [-0.4, -0.2) is 36.6 Å². The zero-order valence-electron chi connectivity index (χ0n) is 10.6. The predicted octanol–water partition coefficient (Wildman–Crippen LogP) is 0.588. The summed E-state index contributed by atoms with van der Waals surface area (Å²) in [5.41, 5.74) is 0. The van der Waals surface area contributed by atoms with Crippen molar-refractivity contribution < 1.29 is 50.2 Å². The first-order chi connectivity index (χ1) is 10.4. The number of hydrogen-bond acceptors (Lipinski definition) is 4. The minimum atomic E-state index is -5.56. The molecule has 0 saturated heterocycles. The van der Waals surface area contributed by atoms with Crippen molar-refractivity contribution in [2.75, 3.05) is 0 Å². The van der Waals surface area contributed by atoms with Crippen LogP contribution in [0.25, 0.3) is 0 Å². The van der Waals surface area contributed by atoms with Crippen molar-refractivity contribution >= 4 is 22.0 Å². The summed E-state index contributed by atoms with van der Waals surface area (Å²) in [5, 5.41) is 17.1. The third kappa shape index (κ3) is 3.73. The summed E-state index contributed by atoms with van der Waals surface area (Å²) in [6.07, 6.45) is -1.34. The van der Waals surface area contributed by atoms with Gasteiger partial charge in [0.05, 0.1) is 6.42 Å². The first-order valence-corrected chi connectivity index (χ1v) is 6.86. The van der Waals surface area contributed by atoms with E-state index in [0.29, 0.717) is 0 Å². The molecule has 23 heavy (non-hydrogen) atoms. The Kier molecular flexibility index (Phi) is 5.27. The lowest BCUT2D eigenvalue weighted by Crippen LogP contribution is -2.42. The summed E-state index contributed by atoms with van der Waals surface area (Å²) >= 11 is 0. The van der Waals surface area contributed by atoms with Gasteiger partial charge in [0.1, 0.15) is 6.04 Å². The van der Waals surface area contributed by atoms with Crippen LogP contribution in [-0.2, 0) is 19.6 Å². The van der Waals surface area contributed by atoms with E-state index >= 15 is 0 Å². The molecule has 128 valence electrons. The first-order valence-electron chi connectivity index (χ1n) is 5.38. The van der Waals surface area contributed by atoms with Gasteiger partial charge in [-0.1, -0.05) is 0 Å². The summed E-state index contributed by atoms with van der Waals surface area (Å²) < 4.78 is 90.0. The van der Waals surface area contributed by atoms with Crippen LogP contribution in [0.1, 0.15) is 6.42 Å². The molecule has 0 aliphatic rings. The summed E-state index contributed by atoms with van der Waals surface area (Å²) in [6, 6.07) is -2.40. The molecule has 3 N–H and O–H groups in total. The molecule has 7 nitrogen and oxygen atoms in total. The van der Waals surface area contributed by atoms with Crippen molar-refractivity contribution in [2.24, 2.45) is 0 Å². The van der Waals surface area contributed by atoms with Gasteiger partial charge in [0.25, 0.3) is 0 Å². The number of carboxylic acid groups (broad SMARTS) is 2. The molecule has 0 spiro atoms. The zero-order chi connectivity index (χ0) is 18.1. The lowest BCUT2D eigenvalue weighted by atomic mass is 10.2. The summed E-state index contributed by atoms with van der Waals surface area (Å²) in [5.74, 6) is -17.0. The molecule has 0 amide bonds. The van der Waals surface area contributed by atoms with Gasteiger partial charge in [0.15, 0.2) is 28.2 Å². The molecule has 0 saturated carbocycles. The second kappa shape index (κ2) is 6.45. The van der Waals surface area contributed by atoms with E-state index in [4.69, 9.17) is 10.2 Å². The molecule has 0 bridgehead atoms. The van der Waals surface area contributed by atoms with E-state index < -0.39 is 68.4 Å². The molecule has 0 aromatic heterocycles. The molecule has 1 unspecified atom stereocenters. The smallest absolute Gasteiger partial charge is 0.322 e. The Labute approximate surface area is 124 Å². The topological polar surface area (TPSA) is 121 Å². The normalized spacial score (nSPS) is 12.9. The van der Waals surface area contributed by atoms with Gasteiger partial charge in [-0.25, -0.2) is 30.4 Å². The highest BCUT2D eigenvalue weighted by Gasteiger charge is 2.36. The molecule has 13 heteroatoms. The van der Waals surface area contributed by atoms with Crippen molar-refractivity contribution in [3.05, 3.63) is 29.1 Å². The molecule has 0 radical (unpaired) electrons. The monoisotopic (exact) mass is 363 g/mol. The molecule has 1 rings (SSSR count). The maximum absolute atomic E-state index is 13.4. The third-order valence-corrected chi connectivity index (χ3v) is 3.90. The van der Waals surface area contributed by atoms with Crippen molar-refractivity contribution in [1.82, 2.24) is 4.72 Å². The van der Waals surface area contributed by atoms with E-state index in [-0.39, 0.29) is 0 Å². The minimum absolute atomic E-state index is 1.05. The van der Waals surface area contributed by atoms with Gasteiger partial charge in [-0.2, -0.15) is 4.72 Å². The number of hydrogen-bond donors (Lipinski definition) is 3. The minimum Gasteiger partial charge on any atom is -0.481 e. The summed E-state index contributed by atoms with van der Waals surface area (Å²) in [6.45, 7) is 0. The van der Waals surface area contributed by atoms with E-state index in [9.17, 15) is 40.0 Å². The van der Waals surface area contributed by atoms with Gasteiger partial charge < -0.3 is 10.2 Å². The van der Waals surface area contributed by atoms with E-state index in [1.54, 1.807) is 0 Å². The highest BCUT2D eigenvalue weighted by molar-refractivity contribution is 7.89. The van der Waals surface area contributed by atoms with Crippen LogP contribution in [0.3, 0.4) is 0 Å². The van der Waals surface area contributed by atoms with Crippen molar-refractivity contribution in [3.8, 4) is 0 Å². The molecular formula is C10H6F5NO6S. The molecular weight excluding hydrogens is 357 g/mol. The molecule has 0 fully saturated rings. The van der Waals surface area contributed by atoms with Crippen LogP contribution in [0, 0.1) is 29.1 Å². The van der Waals surface area contributed by atoms with Crippen LogP contribution in [0.2, 0.25) is 0 Å². The second-order valence-corrected chi connectivity index (χ2v) is 5.66. The van der Waals surface area contributed by atoms with E-state index in [1.165, 1.54) is 0 Å². The fourth-order valence-electron chi connectivity index (χ4n) is 1.42. The predicted molar refractivity (Wildman–Crippen MR) is 60.2 cm³/mol. The molecule has 1 aromatic carbocycles. The Morgan fingerprint density at radius 3 is 1.65 bits per heavy atom. The van der Waals surface area contributed by atoms with Crippen LogP contribution < -0.4 is 4.72 Å². The number of rotatable bonds is 6. The van der Waals surface area contributed by atoms with Gasteiger partial charge in [0.2, 0.25) is 15.8 Å². The fraction of sp³-hybridized carbons (Fsp3) is 0.200. The first kappa shape index (κ1) is 18.8. The highest BCUT2D eigenvalue weighted by atomic mass is 32.2. The summed E-state index contributed by atoms with van der Waals surface area (Å²) in [7, 11) is -5.56. The van der Waals surface area contributed by atoms with Gasteiger partial charge >= 0.3 is 11.9 Å².